The smallest absolute Gasteiger partial charge is 0.129 e. The van der Waals surface area contributed by atoms with Gasteiger partial charge in [0, 0.05) is 12.6 Å². The second-order valence-electron chi connectivity index (χ2n) is 5.82. The minimum absolute atomic E-state index is 0.394. The van der Waals surface area contributed by atoms with E-state index in [4.69, 9.17) is 22.7 Å². The van der Waals surface area contributed by atoms with Gasteiger partial charge in [-0.3, -0.25) is 4.90 Å². The Kier molecular flexibility index (Phi) is 5.00. The lowest BCUT2D eigenvalue weighted by molar-refractivity contribution is 0.199. The summed E-state index contributed by atoms with van der Waals surface area (Å²) in [7, 11) is 1.64. The maximum atomic E-state index is 5.78. The summed E-state index contributed by atoms with van der Waals surface area (Å²) < 4.78 is 5.31. The molecule has 2 N–H and O–H groups in total. The third-order valence-corrected chi connectivity index (χ3v) is 4.32. The maximum Gasteiger partial charge on any atom is 0.129 e. The predicted molar refractivity (Wildman–Crippen MR) is 87.2 cm³/mol. The Bertz CT molecular complexity index is 487. The highest BCUT2D eigenvalue weighted by molar-refractivity contribution is 7.80. The van der Waals surface area contributed by atoms with Crippen molar-refractivity contribution in [2.24, 2.45) is 11.7 Å². The molecule has 1 aromatic rings. The van der Waals surface area contributed by atoms with E-state index in [0.717, 1.165) is 17.9 Å². The Morgan fingerprint density at radius 2 is 2.25 bits per heavy atom. The van der Waals surface area contributed by atoms with Crippen LogP contribution in [0.4, 0.5) is 0 Å². The van der Waals surface area contributed by atoms with Gasteiger partial charge in [0.25, 0.3) is 0 Å². The van der Waals surface area contributed by atoms with Gasteiger partial charge >= 0.3 is 0 Å². The van der Waals surface area contributed by atoms with E-state index in [2.05, 4.69) is 30.9 Å². The first-order valence-electron chi connectivity index (χ1n) is 7.23. The van der Waals surface area contributed by atoms with Crippen molar-refractivity contribution in [3.63, 3.8) is 0 Å². The fraction of sp³-hybridized carbons (Fsp3) is 0.562. The summed E-state index contributed by atoms with van der Waals surface area (Å²) in [5.74, 6) is 1.45. The van der Waals surface area contributed by atoms with Gasteiger partial charge in [-0.15, -0.1) is 0 Å². The number of thiocarbonyl (C=S) groups is 1. The minimum Gasteiger partial charge on any atom is -0.496 e. The van der Waals surface area contributed by atoms with Crippen molar-refractivity contribution < 1.29 is 4.74 Å². The number of hydrogen-bond acceptors (Lipinski definition) is 3. The standard InChI is InChI=1S/C16H24N2OS/c1-11(2)14-5-4-8-18(14)10-12-6-7-15(19-3)13(9-12)16(17)20/h6-7,9,11,14H,4-5,8,10H2,1-3H3,(H2,17,20). The van der Waals surface area contributed by atoms with E-state index in [0.29, 0.717) is 16.9 Å². The molecule has 4 heteroatoms. The SMILES string of the molecule is COc1ccc(CN2CCCC2C(C)C)cc1C(N)=S. The highest BCUT2D eigenvalue weighted by Gasteiger charge is 2.26. The second kappa shape index (κ2) is 6.55. The van der Waals surface area contributed by atoms with E-state index >= 15 is 0 Å². The average Bonchev–Trinajstić information content (AvgIpc) is 2.87. The van der Waals surface area contributed by atoms with E-state index < -0.39 is 0 Å². The number of nitrogens with zero attached hydrogens (tertiary/aromatic N) is 1. The molecule has 1 aromatic carbocycles. The van der Waals surface area contributed by atoms with Crippen LogP contribution in [-0.2, 0) is 6.54 Å². The first kappa shape index (κ1) is 15.3. The van der Waals surface area contributed by atoms with Crippen LogP contribution >= 0.6 is 12.2 Å². The van der Waals surface area contributed by atoms with E-state index in [1.165, 1.54) is 24.9 Å². The van der Waals surface area contributed by atoms with Crippen molar-refractivity contribution in [3.05, 3.63) is 29.3 Å². The Morgan fingerprint density at radius 3 is 2.85 bits per heavy atom. The largest absolute Gasteiger partial charge is 0.496 e. The zero-order valence-corrected chi connectivity index (χ0v) is 13.4. The zero-order chi connectivity index (χ0) is 14.7. The Morgan fingerprint density at radius 1 is 1.50 bits per heavy atom. The molecular weight excluding hydrogens is 268 g/mol. The number of hydrogen-bond donors (Lipinski definition) is 1. The van der Waals surface area contributed by atoms with Gasteiger partial charge in [0.2, 0.25) is 0 Å². The van der Waals surface area contributed by atoms with Crippen molar-refractivity contribution in [2.75, 3.05) is 13.7 Å². The quantitative estimate of drug-likeness (QED) is 0.847. The average molecular weight is 292 g/mol. The summed E-state index contributed by atoms with van der Waals surface area (Å²) in [6.07, 6.45) is 2.59. The van der Waals surface area contributed by atoms with Gasteiger partial charge in [-0.05, 0) is 43.0 Å². The molecule has 1 aliphatic heterocycles. The molecule has 1 atom stereocenters. The summed E-state index contributed by atoms with van der Waals surface area (Å²) in [5, 5.41) is 0. The maximum absolute atomic E-state index is 5.78. The summed E-state index contributed by atoms with van der Waals surface area (Å²) in [5.41, 5.74) is 7.87. The van der Waals surface area contributed by atoms with E-state index in [1.807, 2.05) is 6.07 Å². The molecule has 0 aliphatic carbocycles. The monoisotopic (exact) mass is 292 g/mol. The van der Waals surface area contributed by atoms with E-state index in [-0.39, 0.29) is 0 Å². The van der Waals surface area contributed by atoms with E-state index in [9.17, 15) is 0 Å². The molecule has 0 aromatic heterocycles. The molecule has 1 fully saturated rings. The fourth-order valence-corrected chi connectivity index (χ4v) is 3.24. The van der Waals surface area contributed by atoms with Gasteiger partial charge in [0.1, 0.15) is 10.7 Å². The molecular formula is C16H24N2OS. The van der Waals surface area contributed by atoms with Crippen LogP contribution in [0.15, 0.2) is 18.2 Å². The molecule has 0 bridgehead atoms. The highest BCUT2D eigenvalue weighted by Crippen LogP contribution is 2.27. The topological polar surface area (TPSA) is 38.5 Å². The minimum atomic E-state index is 0.394. The fourth-order valence-electron chi connectivity index (χ4n) is 3.08. The van der Waals surface area contributed by atoms with Crippen molar-refractivity contribution >= 4 is 17.2 Å². The number of nitrogens with two attached hydrogens (primary N) is 1. The van der Waals surface area contributed by atoms with Crippen molar-refractivity contribution in [1.82, 2.24) is 4.90 Å². The van der Waals surface area contributed by atoms with Crippen LogP contribution in [-0.4, -0.2) is 29.6 Å². The van der Waals surface area contributed by atoms with Gasteiger partial charge in [-0.2, -0.15) is 0 Å². The number of benzene rings is 1. The van der Waals surface area contributed by atoms with Crippen LogP contribution in [0.25, 0.3) is 0 Å². The van der Waals surface area contributed by atoms with Gasteiger partial charge in [0.15, 0.2) is 0 Å². The molecule has 0 amide bonds. The van der Waals surface area contributed by atoms with Gasteiger partial charge < -0.3 is 10.5 Å². The Balaban J connectivity index is 2.17. The van der Waals surface area contributed by atoms with Gasteiger partial charge in [-0.1, -0.05) is 32.1 Å². The molecule has 1 aliphatic rings. The molecule has 2 rings (SSSR count). The molecule has 20 heavy (non-hydrogen) atoms. The van der Waals surface area contributed by atoms with Crippen molar-refractivity contribution in [3.8, 4) is 5.75 Å². The number of likely N-dealkylation sites (tertiary alicyclic amines) is 1. The van der Waals surface area contributed by atoms with Crippen LogP contribution in [0.1, 0.15) is 37.8 Å². The summed E-state index contributed by atoms with van der Waals surface area (Å²) >= 11 is 5.11. The molecule has 3 nitrogen and oxygen atoms in total. The Hall–Kier alpha value is -1.13. The number of ether oxygens (including phenoxy) is 1. The molecule has 0 radical (unpaired) electrons. The van der Waals surface area contributed by atoms with Crippen LogP contribution in [0.5, 0.6) is 5.75 Å². The van der Waals surface area contributed by atoms with Crippen LogP contribution in [0, 0.1) is 5.92 Å². The van der Waals surface area contributed by atoms with E-state index in [1.54, 1.807) is 7.11 Å². The normalized spacial score (nSPS) is 19.5. The zero-order valence-electron chi connectivity index (χ0n) is 12.6. The van der Waals surface area contributed by atoms with Crippen LogP contribution in [0.3, 0.4) is 0 Å². The molecule has 0 spiro atoms. The van der Waals surface area contributed by atoms with Gasteiger partial charge in [-0.25, -0.2) is 0 Å². The third kappa shape index (κ3) is 3.30. The van der Waals surface area contributed by atoms with Crippen LogP contribution < -0.4 is 10.5 Å². The first-order chi connectivity index (χ1) is 9.52. The summed E-state index contributed by atoms with van der Waals surface area (Å²) in [6.45, 7) is 6.74. The predicted octanol–water partition coefficient (Wildman–Crippen LogP) is 2.95. The van der Waals surface area contributed by atoms with Crippen molar-refractivity contribution in [2.45, 2.75) is 39.3 Å². The Labute approximate surface area is 127 Å². The summed E-state index contributed by atoms with van der Waals surface area (Å²) in [4.78, 5) is 2.96. The lowest BCUT2D eigenvalue weighted by Crippen LogP contribution is -2.32. The van der Waals surface area contributed by atoms with Crippen molar-refractivity contribution in [1.29, 1.82) is 0 Å². The molecule has 1 unspecified atom stereocenters. The molecule has 1 heterocycles. The second-order valence-corrected chi connectivity index (χ2v) is 6.26. The molecule has 110 valence electrons. The lowest BCUT2D eigenvalue weighted by atomic mass is 10.0. The van der Waals surface area contributed by atoms with Crippen LogP contribution in [0.2, 0.25) is 0 Å². The van der Waals surface area contributed by atoms with Gasteiger partial charge in [0.05, 0.1) is 12.7 Å². The highest BCUT2D eigenvalue weighted by atomic mass is 32.1. The molecule has 1 saturated heterocycles. The number of methoxy groups -OCH3 is 1. The molecule has 0 saturated carbocycles. The summed E-state index contributed by atoms with van der Waals surface area (Å²) in [6, 6.07) is 6.82. The third-order valence-electron chi connectivity index (χ3n) is 4.10. The lowest BCUT2D eigenvalue weighted by Gasteiger charge is -2.27. The first-order valence-corrected chi connectivity index (χ1v) is 7.64. The number of rotatable bonds is 5.